The summed E-state index contributed by atoms with van der Waals surface area (Å²) in [5.74, 6) is -0.704. The van der Waals surface area contributed by atoms with Crippen molar-refractivity contribution in [3.63, 3.8) is 0 Å². The van der Waals surface area contributed by atoms with Crippen molar-refractivity contribution in [3.8, 4) is 11.6 Å². The zero-order chi connectivity index (χ0) is 17.5. The molecular weight excluding hydrogens is 375 g/mol. The maximum atomic E-state index is 12.6. The summed E-state index contributed by atoms with van der Waals surface area (Å²) in [6, 6.07) is 11.4. The summed E-state index contributed by atoms with van der Waals surface area (Å²) in [6.07, 6.45) is 1.03. The van der Waals surface area contributed by atoms with E-state index in [4.69, 9.17) is 23.2 Å². The average Bonchev–Trinajstić information content (AvgIpc) is 2.84. The lowest BCUT2D eigenvalue weighted by Crippen LogP contribution is -2.28. The molecular formula is C15H10Cl2N2O4S. The van der Waals surface area contributed by atoms with Gasteiger partial charge in [0.25, 0.3) is 10.0 Å². The van der Waals surface area contributed by atoms with Crippen LogP contribution in [0.5, 0.6) is 5.88 Å². The third kappa shape index (κ3) is 2.82. The SMILES string of the molecule is O=c1n(-c2ccc(Cl)cc2)cc(O)n1S(=O)(=O)c1ccc(Cl)cc1. The monoisotopic (exact) mass is 384 g/mol. The molecule has 0 saturated carbocycles. The molecule has 1 aromatic heterocycles. The second-order valence-corrected chi connectivity index (χ2v) is 7.50. The van der Waals surface area contributed by atoms with Crippen LogP contribution in [0.15, 0.2) is 64.4 Å². The van der Waals surface area contributed by atoms with Crippen LogP contribution in [0, 0.1) is 0 Å². The van der Waals surface area contributed by atoms with Crippen molar-refractivity contribution < 1.29 is 13.5 Å². The Labute approximate surface area is 147 Å². The number of imidazole rings is 1. The van der Waals surface area contributed by atoms with Crippen LogP contribution in [0.1, 0.15) is 0 Å². The first-order chi connectivity index (χ1) is 11.3. The Morgan fingerprint density at radius 3 is 1.92 bits per heavy atom. The lowest BCUT2D eigenvalue weighted by molar-refractivity contribution is 0.443. The number of benzene rings is 2. The Kier molecular flexibility index (Phi) is 4.16. The van der Waals surface area contributed by atoms with E-state index in [1.165, 1.54) is 36.4 Å². The summed E-state index contributed by atoms with van der Waals surface area (Å²) in [4.78, 5) is 12.3. The van der Waals surface area contributed by atoms with Gasteiger partial charge >= 0.3 is 5.69 Å². The van der Waals surface area contributed by atoms with Crippen LogP contribution in [0.3, 0.4) is 0 Å². The van der Waals surface area contributed by atoms with E-state index < -0.39 is 21.6 Å². The number of aromatic hydroxyl groups is 1. The van der Waals surface area contributed by atoms with E-state index in [2.05, 4.69) is 0 Å². The van der Waals surface area contributed by atoms with Crippen molar-refractivity contribution in [1.82, 2.24) is 8.54 Å². The molecule has 9 heteroatoms. The molecule has 0 aliphatic carbocycles. The van der Waals surface area contributed by atoms with Gasteiger partial charge in [-0.3, -0.25) is 4.57 Å². The summed E-state index contributed by atoms with van der Waals surface area (Å²) < 4.78 is 26.6. The summed E-state index contributed by atoms with van der Waals surface area (Å²) in [5, 5.41) is 10.8. The summed E-state index contributed by atoms with van der Waals surface area (Å²) in [6.45, 7) is 0. The second kappa shape index (κ2) is 6.01. The van der Waals surface area contributed by atoms with Gasteiger partial charge in [0, 0.05) is 10.0 Å². The van der Waals surface area contributed by atoms with Crippen LogP contribution < -0.4 is 5.69 Å². The molecule has 0 aliphatic heterocycles. The fourth-order valence-corrected chi connectivity index (χ4v) is 3.67. The lowest BCUT2D eigenvalue weighted by atomic mass is 10.3. The van der Waals surface area contributed by atoms with Gasteiger partial charge in [0.2, 0.25) is 5.88 Å². The largest absolute Gasteiger partial charge is 0.493 e. The van der Waals surface area contributed by atoms with Gasteiger partial charge in [-0.05, 0) is 48.5 Å². The van der Waals surface area contributed by atoms with Gasteiger partial charge in [-0.25, -0.2) is 13.2 Å². The molecule has 3 rings (SSSR count). The maximum absolute atomic E-state index is 12.6. The van der Waals surface area contributed by atoms with E-state index >= 15 is 0 Å². The molecule has 1 heterocycles. The van der Waals surface area contributed by atoms with Crippen molar-refractivity contribution >= 4 is 33.2 Å². The molecule has 0 saturated heterocycles. The molecule has 0 radical (unpaired) electrons. The van der Waals surface area contributed by atoms with Crippen LogP contribution in [-0.4, -0.2) is 22.1 Å². The fraction of sp³-hybridized carbons (Fsp3) is 0. The highest BCUT2D eigenvalue weighted by molar-refractivity contribution is 7.90. The summed E-state index contributed by atoms with van der Waals surface area (Å²) in [7, 11) is -4.26. The number of aromatic nitrogens is 2. The van der Waals surface area contributed by atoms with Gasteiger partial charge in [-0.2, -0.15) is 0 Å². The van der Waals surface area contributed by atoms with Crippen LogP contribution in [0.25, 0.3) is 5.69 Å². The first-order valence-electron chi connectivity index (χ1n) is 6.61. The molecule has 2 aromatic carbocycles. The molecule has 0 unspecified atom stereocenters. The molecule has 0 atom stereocenters. The van der Waals surface area contributed by atoms with Crippen molar-refractivity contribution in [3.05, 3.63) is 75.3 Å². The number of nitrogens with zero attached hydrogens (tertiary/aromatic N) is 2. The molecule has 124 valence electrons. The second-order valence-electron chi connectivity index (χ2n) is 4.84. The van der Waals surface area contributed by atoms with Gasteiger partial charge in [0.15, 0.2) is 0 Å². The first kappa shape index (κ1) is 16.6. The molecule has 24 heavy (non-hydrogen) atoms. The number of rotatable bonds is 3. The van der Waals surface area contributed by atoms with Crippen LogP contribution in [0.4, 0.5) is 0 Å². The van der Waals surface area contributed by atoms with Gasteiger partial charge in [0.1, 0.15) is 0 Å². The molecule has 0 spiro atoms. The standard InChI is InChI=1S/C15H10Cl2N2O4S/c16-10-1-5-12(6-2-10)18-9-14(20)19(15(18)21)24(22,23)13-7-3-11(17)4-8-13/h1-9,20H. The minimum atomic E-state index is -4.26. The highest BCUT2D eigenvalue weighted by Crippen LogP contribution is 2.21. The van der Waals surface area contributed by atoms with E-state index in [-0.39, 0.29) is 4.90 Å². The van der Waals surface area contributed by atoms with Crippen molar-refractivity contribution in [2.45, 2.75) is 4.90 Å². The lowest BCUT2D eigenvalue weighted by Gasteiger charge is -2.05. The van der Waals surface area contributed by atoms with E-state index in [0.717, 1.165) is 10.8 Å². The Balaban J connectivity index is 2.17. The van der Waals surface area contributed by atoms with Crippen molar-refractivity contribution in [1.29, 1.82) is 0 Å². The topological polar surface area (TPSA) is 81.3 Å². The van der Waals surface area contributed by atoms with Crippen molar-refractivity contribution in [2.75, 3.05) is 0 Å². The van der Waals surface area contributed by atoms with E-state index in [1.54, 1.807) is 12.1 Å². The smallest absolute Gasteiger partial charge is 0.350 e. The zero-order valence-electron chi connectivity index (χ0n) is 11.9. The third-order valence-corrected chi connectivity index (χ3v) is 5.48. The predicted molar refractivity (Wildman–Crippen MR) is 90.7 cm³/mol. The summed E-state index contributed by atoms with van der Waals surface area (Å²) >= 11 is 11.5. The zero-order valence-corrected chi connectivity index (χ0v) is 14.3. The van der Waals surface area contributed by atoms with E-state index in [9.17, 15) is 18.3 Å². The van der Waals surface area contributed by atoms with Crippen LogP contribution >= 0.6 is 23.2 Å². The molecule has 0 aliphatic rings. The number of hydrogen-bond donors (Lipinski definition) is 1. The number of hydrogen-bond acceptors (Lipinski definition) is 4. The van der Waals surface area contributed by atoms with Gasteiger partial charge in [-0.15, -0.1) is 3.97 Å². The molecule has 0 fully saturated rings. The minimum absolute atomic E-state index is 0.168. The Morgan fingerprint density at radius 2 is 1.38 bits per heavy atom. The van der Waals surface area contributed by atoms with Gasteiger partial charge in [-0.1, -0.05) is 23.2 Å². The quantitative estimate of drug-likeness (QED) is 0.752. The fourth-order valence-electron chi connectivity index (χ4n) is 2.14. The average molecular weight is 385 g/mol. The van der Waals surface area contributed by atoms with Gasteiger partial charge < -0.3 is 5.11 Å². The highest BCUT2D eigenvalue weighted by Gasteiger charge is 2.25. The Morgan fingerprint density at radius 1 is 0.875 bits per heavy atom. The normalized spacial score (nSPS) is 11.6. The maximum Gasteiger partial charge on any atom is 0.350 e. The van der Waals surface area contributed by atoms with E-state index in [0.29, 0.717) is 19.7 Å². The van der Waals surface area contributed by atoms with E-state index in [1.807, 2.05) is 0 Å². The number of halogens is 2. The Bertz CT molecular complexity index is 1050. The molecule has 6 nitrogen and oxygen atoms in total. The minimum Gasteiger partial charge on any atom is -0.493 e. The first-order valence-corrected chi connectivity index (χ1v) is 8.81. The molecule has 1 N–H and O–H groups in total. The molecule has 0 bridgehead atoms. The van der Waals surface area contributed by atoms with Crippen LogP contribution in [0.2, 0.25) is 10.0 Å². The predicted octanol–water partition coefficient (Wildman–Crippen LogP) is 2.89. The highest BCUT2D eigenvalue weighted by atomic mass is 35.5. The van der Waals surface area contributed by atoms with Gasteiger partial charge in [0.05, 0.1) is 16.8 Å². The Hall–Kier alpha value is -2.22. The third-order valence-electron chi connectivity index (χ3n) is 3.29. The van der Waals surface area contributed by atoms with Crippen molar-refractivity contribution in [2.24, 2.45) is 0 Å². The summed E-state index contributed by atoms with van der Waals surface area (Å²) in [5.41, 5.74) is -0.561. The molecule has 3 aromatic rings. The molecule has 0 amide bonds. The van der Waals surface area contributed by atoms with Crippen LogP contribution in [-0.2, 0) is 10.0 Å².